The number of amides is 1. The number of primary amides is 1. The van der Waals surface area contributed by atoms with Crippen LogP contribution in [-0.2, 0) is 34.1 Å². The van der Waals surface area contributed by atoms with Crippen molar-refractivity contribution in [2.24, 2.45) is 5.73 Å². The molecule has 0 radical (unpaired) electrons. The van der Waals surface area contributed by atoms with Gasteiger partial charge in [0.15, 0.2) is 0 Å². The van der Waals surface area contributed by atoms with E-state index in [2.05, 4.69) is 5.32 Å². The molecular weight excluding hydrogens is 437 g/mol. The molecule has 1 unspecified atom stereocenters. The van der Waals surface area contributed by atoms with Crippen LogP contribution in [0.4, 0.5) is 13.2 Å². The zero-order chi connectivity index (χ0) is 23.7. The fraction of sp³-hybridized carbons (Fsp3) is 0.350. The van der Waals surface area contributed by atoms with E-state index in [0.717, 1.165) is 17.7 Å². The maximum atomic E-state index is 12.7. The van der Waals surface area contributed by atoms with Gasteiger partial charge in [-0.2, -0.15) is 21.6 Å². The Balaban J connectivity index is 0.000000861. The molecule has 0 aliphatic rings. The van der Waals surface area contributed by atoms with Crippen LogP contribution in [0.1, 0.15) is 23.6 Å². The maximum absolute atomic E-state index is 12.7. The summed E-state index contributed by atoms with van der Waals surface area (Å²) in [6, 6.07) is 12.0. The summed E-state index contributed by atoms with van der Waals surface area (Å²) < 4.78 is 69.5. The van der Waals surface area contributed by atoms with Crippen molar-refractivity contribution in [3.63, 3.8) is 0 Å². The van der Waals surface area contributed by atoms with E-state index in [0.29, 0.717) is 30.5 Å². The largest absolute Gasteiger partial charge is 0.489 e. The fourth-order valence-electron chi connectivity index (χ4n) is 2.29. The molecule has 0 spiro atoms. The minimum Gasteiger partial charge on any atom is -0.489 e. The molecule has 0 aromatic heterocycles. The van der Waals surface area contributed by atoms with Crippen molar-refractivity contribution in [1.29, 1.82) is 0 Å². The lowest BCUT2D eigenvalue weighted by atomic mass is 10.1. The second-order valence-electron chi connectivity index (χ2n) is 6.69. The van der Waals surface area contributed by atoms with Crippen LogP contribution in [0.5, 0.6) is 5.75 Å². The number of ether oxygens (including phenoxy) is 1. The summed E-state index contributed by atoms with van der Waals surface area (Å²) >= 11 is 0. The van der Waals surface area contributed by atoms with Crippen molar-refractivity contribution in [2.45, 2.75) is 32.2 Å². The number of hydrogen-bond donors (Lipinski definition) is 3. The molecule has 0 fully saturated rings. The van der Waals surface area contributed by atoms with Gasteiger partial charge in [0, 0.05) is 0 Å². The van der Waals surface area contributed by atoms with E-state index in [1.165, 1.54) is 6.07 Å². The normalized spacial score (nSPS) is 12.5. The standard InChI is InChI=1S/C19H21F3N2O2.CH4O3S/c1-13(18(23)25)24-10-9-14-5-7-17(8-6-14)26-12-15-3-2-4-16(11-15)19(20,21)22;1-5(2,3)4/h2-8,11,13,24H,9-10,12H2,1H3,(H2,23,25);1H3,(H,2,3,4). The summed E-state index contributed by atoms with van der Waals surface area (Å²) in [5.41, 5.74) is 5.98. The summed E-state index contributed by atoms with van der Waals surface area (Å²) in [5.74, 6) is 0.174. The van der Waals surface area contributed by atoms with Crippen LogP contribution in [0.3, 0.4) is 0 Å². The van der Waals surface area contributed by atoms with Gasteiger partial charge in [-0.05, 0) is 55.3 Å². The first-order valence-electron chi connectivity index (χ1n) is 9.08. The van der Waals surface area contributed by atoms with Gasteiger partial charge in [-0.25, -0.2) is 0 Å². The molecule has 1 amide bonds. The van der Waals surface area contributed by atoms with E-state index in [1.54, 1.807) is 25.1 Å². The highest BCUT2D eigenvalue weighted by Gasteiger charge is 2.30. The fourth-order valence-corrected chi connectivity index (χ4v) is 2.29. The van der Waals surface area contributed by atoms with Gasteiger partial charge < -0.3 is 15.8 Å². The predicted octanol–water partition coefficient (Wildman–Crippen LogP) is 2.79. The first kappa shape index (κ1) is 26.4. The maximum Gasteiger partial charge on any atom is 0.416 e. The molecule has 4 N–H and O–H groups in total. The Morgan fingerprint density at radius 2 is 1.74 bits per heavy atom. The molecule has 1 atom stereocenters. The van der Waals surface area contributed by atoms with Gasteiger partial charge in [0.05, 0.1) is 17.9 Å². The van der Waals surface area contributed by atoms with Crippen molar-refractivity contribution in [2.75, 3.05) is 12.8 Å². The second kappa shape index (κ2) is 11.7. The quantitative estimate of drug-likeness (QED) is 0.519. The van der Waals surface area contributed by atoms with Gasteiger partial charge in [0.1, 0.15) is 12.4 Å². The van der Waals surface area contributed by atoms with Crippen molar-refractivity contribution >= 4 is 16.0 Å². The van der Waals surface area contributed by atoms with Crippen molar-refractivity contribution in [3.05, 3.63) is 65.2 Å². The average Bonchev–Trinajstić information content (AvgIpc) is 2.65. The van der Waals surface area contributed by atoms with Crippen LogP contribution in [0.2, 0.25) is 0 Å². The van der Waals surface area contributed by atoms with Gasteiger partial charge in [0.2, 0.25) is 5.91 Å². The zero-order valence-corrected chi connectivity index (χ0v) is 17.8. The molecular formula is C20H25F3N2O5S. The molecule has 2 aromatic carbocycles. The van der Waals surface area contributed by atoms with Crippen molar-refractivity contribution in [1.82, 2.24) is 5.32 Å². The third-order valence-electron chi connectivity index (χ3n) is 3.87. The Kier molecular flexibility index (Phi) is 9.95. The Labute approximate surface area is 179 Å². The van der Waals surface area contributed by atoms with E-state index < -0.39 is 27.8 Å². The molecule has 172 valence electrons. The van der Waals surface area contributed by atoms with Crippen LogP contribution >= 0.6 is 0 Å². The molecule has 0 aliphatic carbocycles. The van der Waals surface area contributed by atoms with E-state index in [9.17, 15) is 26.4 Å². The van der Waals surface area contributed by atoms with E-state index in [4.69, 9.17) is 15.0 Å². The summed E-state index contributed by atoms with van der Waals surface area (Å²) in [7, 11) is -3.67. The number of carbonyl (C=O) groups excluding carboxylic acids is 1. The Morgan fingerprint density at radius 3 is 2.26 bits per heavy atom. The smallest absolute Gasteiger partial charge is 0.416 e. The minimum atomic E-state index is -4.36. The molecule has 0 aliphatic heterocycles. The molecule has 0 saturated carbocycles. The lowest BCUT2D eigenvalue weighted by Gasteiger charge is -2.11. The van der Waals surface area contributed by atoms with E-state index in [1.807, 2.05) is 12.1 Å². The van der Waals surface area contributed by atoms with Crippen LogP contribution in [-0.4, -0.2) is 37.7 Å². The number of benzene rings is 2. The SMILES string of the molecule is CC(NCCc1ccc(OCc2cccc(C(F)(F)F)c2)cc1)C(N)=O.CS(=O)(=O)O. The minimum absolute atomic E-state index is 0.0565. The topological polar surface area (TPSA) is 119 Å². The molecule has 0 heterocycles. The number of rotatable bonds is 8. The molecule has 11 heteroatoms. The van der Waals surface area contributed by atoms with Gasteiger partial charge >= 0.3 is 6.18 Å². The number of hydrogen-bond acceptors (Lipinski definition) is 5. The molecule has 7 nitrogen and oxygen atoms in total. The molecule has 0 bridgehead atoms. The summed E-state index contributed by atoms with van der Waals surface area (Å²) in [4.78, 5) is 10.9. The summed E-state index contributed by atoms with van der Waals surface area (Å²) in [6.45, 7) is 2.36. The highest BCUT2D eigenvalue weighted by atomic mass is 32.2. The number of halogens is 3. The van der Waals surface area contributed by atoms with Gasteiger partial charge in [-0.15, -0.1) is 0 Å². The Morgan fingerprint density at radius 1 is 1.16 bits per heavy atom. The van der Waals surface area contributed by atoms with Gasteiger partial charge in [-0.1, -0.05) is 24.3 Å². The number of nitrogens with two attached hydrogens (primary N) is 1. The third-order valence-corrected chi connectivity index (χ3v) is 3.87. The zero-order valence-electron chi connectivity index (χ0n) is 17.0. The number of alkyl halides is 3. The van der Waals surface area contributed by atoms with Crippen molar-refractivity contribution in [3.8, 4) is 5.75 Å². The Bertz CT molecular complexity index is 940. The summed E-state index contributed by atoms with van der Waals surface area (Å²) in [6.07, 6.45) is -2.93. The first-order chi connectivity index (χ1) is 14.3. The first-order valence-corrected chi connectivity index (χ1v) is 10.9. The third kappa shape index (κ3) is 12.0. The highest BCUT2D eigenvalue weighted by molar-refractivity contribution is 7.85. The van der Waals surface area contributed by atoms with E-state index >= 15 is 0 Å². The lowest BCUT2D eigenvalue weighted by Crippen LogP contribution is -2.39. The molecule has 2 aromatic rings. The molecule has 31 heavy (non-hydrogen) atoms. The van der Waals surface area contributed by atoms with Crippen molar-refractivity contribution < 1.29 is 35.7 Å². The number of nitrogens with one attached hydrogen (secondary N) is 1. The van der Waals surface area contributed by atoms with Crippen LogP contribution in [0.15, 0.2) is 48.5 Å². The highest BCUT2D eigenvalue weighted by Crippen LogP contribution is 2.29. The average molecular weight is 462 g/mol. The second-order valence-corrected chi connectivity index (χ2v) is 8.16. The lowest BCUT2D eigenvalue weighted by molar-refractivity contribution is -0.137. The Hall–Kier alpha value is -2.63. The predicted molar refractivity (Wildman–Crippen MR) is 110 cm³/mol. The molecule has 0 saturated heterocycles. The van der Waals surface area contributed by atoms with E-state index in [-0.39, 0.29) is 12.6 Å². The number of carbonyl (C=O) groups is 1. The van der Waals surface area contributed by atoms with Crippen LogP contribution < -0.4 is 15.8 Å². The van der Waals surface area contributed by atoms with Gasteiger partial charge in [0.25, 0.3) is 10.1 Å². The van der Waals surface area contributed by atoms with Crippen LogP contribution in [0.25, 0.3) is 0 Å². The van der Waals surface area contributed by atoms with Gasteiger partial charge in [-0.3, -0.25) is 9.35 Å². The monoisotopic (exact) mass is 462 g/mol. The van der Waals surface area contributed by atoms with Crippen LogP contribution in [0, 0.1) is 0 Å². The summed E-state index contributed by atoms with van der Waals surface area (Å²) in [5, 5.41) is 3.01. The molecule has 2 rings (SSSR count).